The fourth-order valence-electron chi connectivity index (χ4n) is 4.38. The van der Waals surface area contributed by atoms with E-state index < -0.39 is 10.0 Å². The van der Waals surface area contributed by atoms with Crippen LogP contribution >= 0.6 is 0 Å². The second kappa shape index (κ2) is 8.85. The number of pyridine rings is 1. The van der Waals surface area contributed by atoms with Crippen LogP contribution in [0.15, 0.2) is 30.9 Å². The van der Waals surface area contributed by atoms with Crippen LogP contribution < -0.4 is 5.32 Å². The molecule has 0 spiro atoms. The number of aromatic nitrogens is 3. The number of aryl methyl sites for hydroxylation is 1. The van der Waals surface area contributed by atoms with Crippen LogP contribution in [-0.4, -0.2) is 57.5 Å². The third kappa shape index (κ3) is 4.57. The molecule has 1 aliphatic heterocycles. The summed E-state index contributed by atoms with van der Waals surface area (Å²) >= 11 is 0. The number of imidazole rings is 1. The summed E-state index contributed by atoms with van der Waals surface area (Å²) < 4.78 is 29.2. The predicted octanol–water partition coefficient (Wildman–Crippen LogP) is 2.43. The van der Waals surface area contributed by atoms with Crippen molar-refractivity contribution in [1.29, 1.82) is 0 Å². The summed E-state index contributed by atoms with van der Waals surface area (Å²) in [5, 5.41) is 2.81. The monoisotopic (exact) mass is 431 g/mol. The van der Waals surface area contributed by atoms with E-state index in [-0.39, 0.29) is 17.2 Å². The number of rotatable bonds is 5. The van der Waals surface area contributed by atoms with Crippen LogP contribution in [0.3, 0.4) is 0 Å². The van der Waals surface area contributed by atoms with E-state index in [0.717, 1.165) is 37.7 Å². The van der Waals surface area contributed by atoms with Crippen LogP contribution in [0.2, 0.25) is 0 Å². The minimum Gasteiger partial charge on any atom is -0.348 e. The molecule has 30 heavy (non-hydrogen) atoms. The molecular formula is C21H29N5O3S. The number of sulfonamides is 1. The predicted molar refractivity (Wildman–Crippen MR) is 114 cm³/mol. The Bertz CT molecular complexity index is 976. The first-order valence-corrected chi connectivity index (χ1v) is 12.2. The van der Waals surface area contributed by atoms with Gasteiger partial charge in [-0.2, -0.15) is 0 Å². The molecule has 1 amide bonds. The van der Waals surface area contributed by atoms with Crippen LogP contribution in [0.1, 0.15) is 61.0 Å². The van der Waals surface area contributed by atoms with E-state index in [9.17, 15) is 13.2 Å². The third-order valence-corrected chi connectivity index (χ3v) is 8.48. The fourth-order valence-corrected chi connectivity index (χ4v) is 6.45. The summed E-state index contributed by atoms with van der Waals surface area (Å²) in [7, 11) is -3.23. The summed E-state index contributed by atoms with van der Waals surface area (Å²) in [5.74, 6) is 0.416. The Morgan fingerprint density at radius 1 is 1.10 bits per heavy atom. The van der Waals surface area contributed by atoms with Crippen LogP contribution in [0.25, 0.3) is 5.82 Å². The van der Waals surface area contributed by atoms with E-state index in [1.54, 1.807) is 33.7 Å². The van der Waals surface area contributed by atoms with Crippen molar-refractivity contribution in [2.75, 3.05) is 13.1 Å². The Morgan fingerprint density at radius 3 is 2.50 bits per heavy atom. The lowest BCUT2D eigenvalue weighted by molar-refractivity contribution is 0.0918. The zero-order chi connectivity index (χ0) is 21.1. The highest BCUT2D eigenvalue weighted by Gasteiger charge is 2.35. The van der Waals surface area contributed by atoms with E-state index >= 15 is 0 Å². The van der Waals surface area contributed by atoms with Gasteiger partial charge in [0.15, 0.2) is 0 Å². The maximum absolute atomic E-state index is 12.9. The number of carbonyl (C=O) groups is 1. The van der Waals surface area contributed by atoms with Gasteiger partial charge in [-0.1, -0.05) is 19.3 Å². The maximum Gasteiger partial charge on any atom is 0.270 e. The molecule has 0 aromatic carbocycles. The number of amides is 1. The molecule has 8 nitrogen and oxygen atoms in total. The zero-order valence-corrected chi connectivity index (χ0v) is 18.1. The molecule has 3 heterocycles. The molecule has 1 aliphatic carbocycles. The van der Waals surface area contributed by atoms with Crippen LogP contribution in [0.5, 0.6) is 0 Å². The van der Waals surface area contributed by atoms with Crippen LogP contribution in [0, 0.1) is 6.92 Å². The van der Waals surface area contributed by atoms with Gasteiger partial charge in [-0.05, 0) is 50.3 Å². The van der Waals surface area contributed by atoms with Crippen molar-refractivity contribution in [2.24, 2.45) is 0 Å². The second-order valence-corrected chi connectivity index (χ2v) is 10.5. The number of nitrogens with one attached hydrogen (secondary N) is 1. The first kappa shape index (κ1) is 21.0. The van der Waals surface area contributed by atoms with Crippen molar-refractivity contribution in [3.8, 4) is 5.82 Å². The van der Waals surface area contributed by atoms with Crippen LogP contribution in [0.4, 0.5) is 0 Å². The highest BCUT2D eigenvalue weighted by atomic mass is 32.2. The van der Waals surface area contributed by atoms with Crippen molar-refractivity contribution in [3.63, 3.8) is 0 Å². The Balaban J connectivity index is 1.37. The average Bonchev–Trinajstić information content (AvgIpc) is 3.29. The SMILES string of the molecule is Cc1cc(C(=O)NC2CCN(S(=O)(=O)C3CCCCC3)CC2)nc(-n2ccnc2)c1. The molecule has 162 valence electrons. The fraction of sp³-hybridized carbons (Fsp3) is 0.571. The lowest BCUT2D eigenvalue weighted by atomic mass is 10.0. The quantitative estimate of drug-likeness (QED) is 0.784. The molecule has 2 aromatic rings. The topological polar surface area (TPSA) is 97.2 Å². The molecule has 2 aromatic heterocycles. The Morgan fingerprint density at radius 2 is 1.83 bits per heavy atom. The standard InChI is InChI=1S/C21H29N5O3S/c1-16-13-19(24-20(14-16)25-12-9-22-15-25)21(27)23-17-7-10-26(11-8-17)30(28,29)18-5-3-2-4-6-18/h9,12-15,17-18H,2-8,10-11H2,1H3,(H,23,27). The van der Waals surface area contributed by atoms with Gasteiger partial charge in [-0.15, -0.1) is 0 Å². The van der Waals surface area contributed by atoms with Crippen molar-refractivity contribution in [3.05, 3.63) is 42.1 Å². The highest BCUT2D eigenvalue weighted by Crippen LogP contribution is 2.28. The summed E-state index contributed by atoms with van der Waals surface area (Å²) in [4.78, 5) is 21.3. The lowest BCUT2D eigenvalue weighted by Gasteiger charge is -2.35. The number of nitrogens with zero attached hydrogens (tertiary/aromatic N) is 4. The van der Waals surface area contributed by atoms with Gasteiger partial charge in [-0.3, -0.25) is 9.36 Å². The minimum absolute atomic E-state index is 0.0469. The molecule has 0 atom stereocenters. The summed E-state index contributed by atoms with van der Waals surface area (Å²) in [6, 6.07) is 3.61. The van der Waals surface area contributed by atoms with Gasteiger partial charge >= 0.3 is 0 Å². The molecule has 2 fully saturated rings. The van der Waals surface area contributed by atoms with Gasteiger partial charge in [0.05, 0.1) is 5.25 Å². The Labute approximate surface area is 177 Å². The van der Waals surface area contributed by atoms with E-state index in [0.29, 0.717) is 37.4 Å². The van der Waals surface area contributed by atoms with E-state index in [2.05, 4.69) is 15.3 Å². The minimum atomic E-state index is -3.23. The van der Waals surface area contributed by atoms with Gasteiger partial charge in [0.1, 0.15) is 17.8 Å². The number of hydrogen-bond donors (Lipinski definition) is 1. The smallest absolute Gasteiger partial charge is 0.270 e. The van der Waals surface area contributed by atoms with Gasteiger partial charge in [0.2, 0.25) is 10.0 Å². The lowest BCUT2D eigenvalue weighted by Crippen LogP contribution is -2.49. The van der Waals surface area contributed by atoms with E-state index in [1.807, 2.05) is 13.0 Å². The van der Waals surface area contributed by atoms with Crippen molar-refractivity contribution < 1.29 is 13.2 Å². The molecule has 1 N–H and O–H groups in total. The number of piperidine rings is 1. The van der Waals surface area contributed by atoms with Gasteiger partial charge in [0.25, 0.3) is 5.91 Å². The maximum atomic E-state index is 12.9. The third-order valence-electron chi connectivity index (χ3n) is 6.08. The Hall–Kier alpha value is -2.26. The number of hydrogen-bond acceptors (Lipinski definition) is 5. The van der Waals surface area contributed by atoms with Crippen molar-refractivity contribution in [2.45, 2.75) is 63.2 Å². The van der Waals surface area contributed by atoms with Gasteiger partial charge in [-0.25, -0.2) is 22.7 Å². The molecule has 9 heteroatoms. The molecule has 4 rings (SSSR count). The normalized spacial score (nSPS) is 19.6. The molecule has 0 radical (unpaired) electrons. The average molecular weight is 432 g/mol. The van der Waals surface area contributed by atoms with Gasteiger partial charge < -0.3 is 5.32 Å². The van der Waals surface area contributed by atoms with E-state index in [4.69, 9.17) is 0 Å². The van der Waals surface area contributed by atoms with Crippen molar-refractivity contribution in [1.82, 2.24) is 24.2 Å². The zero-order valence-electron chi connectivity index (χ0n) is 17.3. The molecule has 2 aliphatic rings. The van der Waals surface area contributed by atoms with E-state index in [1.165, 1.54) is 0 Å². The van der Waals surface area contributed by atoms with Crippen LogP contribution in [-0.2, 0) is 10.0 Å². The second-order valence-electron chi connectivity index (χ2n) is 8.31. The molecule has 1 saturated carbocycles. The Kier molecular flexibility index (Phi) is 6.19. The summed E-state index contributed by atoms with van der Waals surface area (Å²) in [5.41, 5.74) is 1.29. The summed E-state index contributed by atoms with van der Waals surface area (Å²) in [6.45, 7) is 2.85. The first-order chi connectivity index (χ1) is 14.4. The van der Waals surface area contributed by atoms with Crippen molar-refractivity contribution >= 4 is 15.9 Å². The number of carbonyl (C=O) groups excluding carboxylic acids is 1. The molecular weight excluding hydrogens is 402 g/mol. The molecule has 0 unspecified atom stereocenters. The first-order valence-electron chi connectivity index (χ1n) is 10.7. The van der Waals surface area contributed by atoms with Gasteiger partial charge in [0, 0.05) is 31.5 Å². The molecule has 0 bridgehead atoms. The largest absolute Gasteiger partial charge is 0.348 e. The molecule has 1 saturated heterocycles. The highest BCUT2D eigenvalue weighted by molar-refractivity contribution is 7.89. The summed E-state index contributed by atoms with van der Waals surface area (Å²) in [6.07, 6.45) is 11.0.